The van der Waals surface area contributed by atoms with Crippen LogP contribution in [0.3, 0.4) is 0 Å². The van der Waals surface area contributed by atoms with Crippen LogP contribution in [0.25, 0.3) is 11.0 Å². The number of unbranched alkanes of at least 4 members (excludes halogenated alkanes) is 3. The first-order chi connectivity index (χ1) is 17.0. The second kappa shape index (κ2) is 13.9. The number of nitrogens with one attached hydrogen (secondary N) is 1. The highest BCUT2D eigenvalue weighted by Crippen LogP contribution is 2.20. The third-order valence-corrected chi connectivity index (χ3v) is 6.99. The summed E-state index contributed by atoms with van der Waals surface area (Å²) in [6.45, 7) is 10.9. The number of benzene rings is 2. The molecule has 0 spiro atoms. The summed E-state index contributed by atoms with van der Waals surface area (Å²) in [5.74, 6) is 2.49. The number of aryl methyl sites for hydroxylation is 4. The largest absolute Gasteiger partial charge is 0.494 e. The molecule has 0 radical (unpaired) electrons. The molecule has 0 aliphatic rings. The second-order valence-corrected chi connectivity index (χ2v) is 9.59. The van der Waals surface area contributed by atoms with Crippen LogP contribution in [0.4, 0.5) is 0 Å². The Morgan fingerprint density at radius 3 is 2.54 bits per heavy atom. The van der Waals surface area contributed by atoms with Crippen LogP contribution in [0, 0.1) is 19.8 Å². The molecule has 0 saturated carbocycles. The lowest BCUT2D eigenvalue weighted by Crippen LogP contribution is -2.30. The van der Waals surface area contributed by atoms with Gasteiger partial charge in [0, 0.05) is 25.4 Å². The first-order valence-corrected chi connectivity index (χ1v) is 13.4. The smallest absolute Gasteiger partial charge is 0.223 e. The zero-order valence-electron chi connectivity index (χ0n) is 22.1. The minimum Gasteiger partial charge on any atom is -0.494 e. The van der Waals surface area contributed by atoms with E-state index in [0.29, 0.717) is 0 Å². The maximum absolute atomic E-state index is 12.1. The predicted molar refractivity (Wildman–Crippen MR) is 145 cm³/mol. The van der Waals surface area contributed by atoms with Gasteiger partial charge >= 0.3 is 0 Å². The summed E-state index contributed by atoms with van der Waals surface area (Å²) in [6.07, 6.45) is 8.05. The molecule has 1 heterocycles. The van der Waals surface area contributed by atoms with Gasteiger partial charge in [0.1, 0.15) is 11.6 Å². The first kappa shape index (κ1) is 26.8. The Balaban J connectivity index is 1.45. The highest BCUT2D eigenvalue weighted by Gasteiger charge is 2.13. The normalized spacial score (nSPS) is 11.3. The van der Waals surface area contributed by atoms with Crippen LogP contribution in [-0.2, 0) is 17.8 Å². The van der Waals surface area contributed by atoms with Crippen molar-refractivity contribution in [3.63, 3.8) is 0 Å². The maximum atomic E-state index is 12.1. The number of rotatable bonds is 15. The van der Waals surface area contributed by atoms with E-state index in [-0.39, 0.29) is 11.8 Å². The van der Waals surface area contributed by atoms with E-state index in [1.54, 1.807) is 0 Å². The molecule has 0 aliphatic heterocycles. The van der Waals surface area contributed by atoms with Gasteiger partial charge < -0.3 is 14.6 Å². The second-order valence-electron chi connectivity index (χ2n) is 9.59. The average Bonchev–Trinajstić information content (AvgIpc) is 3.21. The molecule has 2 aromatic carbocycles. The lowest BCUT2D eigenvalue weighted by Gasteiger charge is -2.13. The average molecular weight is 478 g/mol. The van der Waals surface area contributed by atoms with Crippen molar-refractivity contribution in [3.05, 3.63) is 59.4 Å². The zero-order valence-corrected chi connectivity index (χ0v) is 22.1. The van der Waals surface area contributed by atoms with Crippen molar-refractivity contribution in [2.75, 3.05) is 13.2 Å². The zero-order chi connectivity index (χ0) is 25.0. The van der Waals surface area contributed by atoms with Crippen molar-refractivity contribution in [1.29, 1.82) is 0 Å². The molecule has 0 atom stereocenters. The fourth-order valence-electron chi connectivity index (χ4n) is 4.53. The van der Waals surface area contributed by atoms with Crippen molar-refractivity contribution in [1.82, 2.24) is 14.9 Å². The van der Waals surface area contributed by atoms with Gasteiger partial charge in [0.2, 0.25) is 5.91 Å². The van der Waals surface area contributed by atoms with Gasteiger partial charge in [-0.1, -0.05) is 38.5 Å². The number of carbonyl (C=O) groups is 1. The molecule has 5 heteroatoms. The van der Waals surface area contributed by atoms with Crippen LogP contribution in [0.15, 0.2) is 42.5 Å². The van der Waals surface area contributed by atoms with Gasteiger partial charge in [-0.15, -0.1) is 0 Å². The minimum absolute atomic E-state index is 0.154. The molecule has 1 aromatic heterocycles. The summed E-state index contributed by atoms with van der Waals surface area (Å²) in [5.41, 5.74) is 4.86. The molecule has 0 fully saturated rings. The van der Waals surface area contributed by atoms with Gasteiger partial charge in [0.15, 0.2) is 0 Å². The Morgan fingerprint density at radius 2 is 1.77 bits per heavy atom. The number of ether oxygens (including phenoxy) is 1. The molecule has 3 rings (SSSR count). The number of para-hydroxylation sites is 2. The lowest BCUT2D eigenvalue weighted by atomic mass is 10.0. The van der Waals surface area contributed by atoms with Crippen LogP contribution >= 0.6 is 0 Å². The van der Waals surface area contributed by atoms with Gasteiger partial charge in [0.25, 0.3) is 0 Å². The van der Waals surface area contributed by atoms with E-state index in [2.05, 4.69) is 80.0 Å². The Labute approximate surface area is 211 Å². The van der Waals surface area contributed by atoms with Gasteiger partial charge in [0.05, 0.1) is 17.6 Å². The Hall–Kier alpha value is -2.82. The molecular formula is C30H43N3O2. The van der Waals surface area contributed by atoms with Crippen molar-refractivity contribution in [3.8, 4) is 5.75 Å². The number of fused-ring (bicyclic) bond motifs is 1. The van der Waals surface area contributed by atoms with E-state index in [4.69, 9.17) is 9.72 Å². The number of aromatic nitrogens is 2. The van der Waals surface area contributed by atoms with Crippen molar-refractivity contribution >= 4 is 16.9 Å². The Bertz CT molecular complexity index is 1070. The quantitative estimate of drug-likeness (QED) is 0.246. The van der Waals surface area contributed by atoms with Crippen LogP contribution in [0.5, 0.6) is 5.75 Å². The molecule has 190 valence electrons. The Morgan fingerprint density at radius 1 is 0.971 bits per heavy atom. The summed E-state index contributed by atoms with van der Waals surface area (Å²) in [4.78, 5) is 17.1. The molecule has 0 unspecified atom stereocenters. The number of nitrogens with zero attached hydrogens (tertiary/aromatic N) is 2. The number of hydrogen-bond donors (Lipinski definition) is 1. The molecule has 1 amide bonds. The highest BCUT2D eigenvalue weighted by atomic mass is 16.5. The molecule has 5 nitrogen and oxygen atoms in total. The van der Waals surface area contributed by atoms with Gasteiger partial charge in [-0.05, 0) is 87.8 Å². The minimum atomic E-state index is 0.154. The van der Waals surface area contributed by atoms with Crippen LogP contribution < -0.4 is 10.1 Å². The van der Waals surface area contributed by atoms with Crippen LogP contribution in [0.2, 0.25) is 0 Å². The fourth-order valence-corrected chi connectivity index (χ4v) is 4.53. The molecule has 1 N–H and O–H groups in total. The highest BCUT2D eigenvalue weighted by molar-refractivity contribution is 5.78. The summed E-state index contributed by atoms with van der Waals surface area (Å²) in [7, 11) is 0. The number of hydrogen-bond acceptors (Lipinski definition) is 3. The molecule has 0 aliphatic carbocycles. The third-order valence-electron chi connectivity index (χ3n) is 6.99. The van der Waals surface area contributed by atoms with Gasteiger partial charge in [-0.2, -0.15) is 0 Å². The number of imidazole rings is 1. The SMILES string of the molecule is CCC(CC)C(=O)NCCCCCc1nc2ccccc2n1CCCCOc1ccc(C)c(C)c1. The molecule has 0 bridgehead atoms. The fraction of sp³-hybridized carbons (Fsp3) is 0.533. The number of amides is 1. The lowest BCUT2D eigenvalue weighted by molar-refractivity contribution is -0.125. The van der Waals surface area contributed by atoms with Crippen molar-refractivity contribution in [2.45, 2.75) is 85.6 Å². The van der Waals surface area contributed by atoms with E-state index in [1.165, 1.54) is 22.5 Å². The monoisotopic (exact) mass is 477 g/mol. The summed E-state index contributed by atoms with van der Waals surface area (Å²) < 4.78 is 8.36. The van der Waals surface area contributed by atoms with Crippen LogP contribution in [-0.4, -0.2) is 28.6 Å². The third kappa shape index (κ3) is 7.84. The molecular weight excluding hydrogens is 434 g/mol. The van der Waals surface area contributed by atoms with Crippen molar-refractivity contribution < 1.29 is 9.53 Å². The first-order valence-electron chi connectivity index (χ1n) is 13.4. The summed E-state index contributed by atoms with van der Waals surface area (Å²) in [6, 6.07) is 14.7. The van der Waals surface area contributed by atoms with Crippen molar-refractivity contribution in [2.24, 2.45) is 5.92 Å². The maximum Gasteiger partial charge on any atom is 0.223 e. The predicted octanol–water partition coefficient (Wildman–Crippen LogP) is 6.78. The van der Waals surface area contributed by atoms with E-state index < -0.39 is 0 Å². The number of carbonyl (C=O) groups excluding carboxylic acids is 1. The van der Waals surface area contributed by atoms with E-state index in [1.807, 2.05) is 0 Å². The van der Waals surface area contributed by atoms with Gasteiger partial charge in [-0.3, -0.25) is 4.79 Å². The van der Waals surface area contributed by atoms with Crippen LogP contribution in [0.1, 0.15) is 75.7 Å². The summed E-state index contributed by atoms with van der Waals surface area (Å²) >= 11 is 0. The van der Waals surface area contributed by atoms with Gasteiger partial charge in [-0.25, -0.2) is 4.98 Å². The molecule has 3 aromatic rings. The van der Waals surface area contributed by atoms with E-state index >= 15 is 0 Å². The summed E-state index contributed by atoms with van der Waals surface area (Å²) in [5, 5.41) is 3.10. The topological polar surface area (TPSA) is 56.2 Å². The standard InChI is InChI=1S/C30H43N3O2/c1-5-25(6-2)30(34)31-19-11-7-8-16-29-32-27-14-9-10-15-28(27)33(29)20-12-13-21-35-26-18-17-23(3)24(4)22-26/h9-10,14-15,17-18,22,25H,5-8,11-13,16,19-21H2,1-4H3,(H,31,34). The van der Waals surface area contributed by atoms with E-state index in [9.17, 15) is 4.79 Å². The Kier molecular flexibility index (Phi) is 10.6. The van der Waals surface area contributed by atoms with E-state index in [0.717, 1.165) is 82.3 Å². The molecule has 35 heavy (non-hydrogen) atoms. The molecule has 0 saturated heterocycles.